The fourth-order valence-corrected chi connectivity index (χ4v) is 5.50. The van der Waals surface area contributed by atoms with Crippen molar-refractivity contribution in [2.75, 3.05) is 26.7 Å². The van der Waals surface area contributed by atoms with Crippen LogP contribution in [0.3, 0.4) is 0 Å². The normalized spacial score (nSPS) is 12.7. The SMILES string of the molecule is CN(CCCOc1ccc(C(=N)NC(=O)OC(C)(C)C)cc1)C(=NC(=O)OC(C)(C)C)N(CCCCCCCCCC(=NC(=O)OC(C)(C)C)NC(=O)OC(C)(C)C)C(=O)OC(C)(C)C. The Morgan fingerprint density at radius 2 is 1.00 bits per heavy atom. The van der Waals surface area contributed by atoms with Crippen LogP contribution in [0.15, 0.2) is 34.3 Å². The van der Waals surface area contributed by atoms with Crippen LogP contribution in [-0.4, -0.2) is 113 Å². The fourth-order valence-electron chi connectivity index (χ4n) is 5.50. The highest BCUT2D eigenvalue weighted by Crippen LogP contribution is 2.18. The molecule has 3 N–H and O–H groups in total. The van der Waals surface area contributed by atoms with E-state index in [4.69, 9.17) is 33.8 Å². The van der Waals surface area contributed by atoms with Crippen LogP contribution >= 0.6 is 0 Å². The summed E-state index contributed by atoms with van der Waals surface area (Å²) >= 11 is 0. The molecule has 0 saturated heterocycles. The average Bonchev–Trinajstić information content (AvgIpc) is 3.09. The maximum atomic E-state index is 13.7. The summed E-state index contributed by atoms with van der Waals surface area (Å²) in [6.07, 6.45) is 2.62. The Bertz CT molecular complexity index is 1780. The summed E-state index contributed by atoms with van der Waals surface area (Å²) in [5, 5.41) is 13.2. The van der Waals surface area contributed by atoms with Gasteiger partial charge in [0.25, 0.3) is 0 Å². The third-order valence-electron chi connectivity index (χ3n) is 8.02. The van der Waals surface area contributed by atoms with E-state index in [0.717, 1.165) is 32.1 Å². The Balaban J connectivity index is 2.96. The monoisotopic (exact) mass is 918 g/mol. The van der Waals surface area contributed by atoms with E-state index in [1.165, 1.54) is 4.90 Å². The first kappa shape index (κ1) is 57.6. The number of aliphatic imine (C=N–C) groups is 2. The van der Waals surface area contributed by atoms with Crippen LogP contribution in [0.2, 0.25) is 0 Å². The van der Waals surface area contributed by atoms with Crippen molar-refractivity contribution in [2.45, 2.75) is 190 Å². The molecule has 0 heterocycles. The van der Waals surface area contributed by atoms with E-state index >= 15 is 0 Å². The zero-order valence-corrected chi connectivity index (χ0v) is 42.1. The van der Waals surface area contributed by atoms with Gasteiger partial charge in [-0.05, 0) is 147 Å². The second-order valence-electron chi connectivity index (χ2n) is 20.6. The van der Waals surface area contributed by atoms with Gasteiger partial charge in [-0.3, -0.25) is 16.0 Å². The van der Waals surface area contributed by atoms with Gasteiger partial charge >= 0.3 is 30.5 Å². The lowest BCUT2D eigenvalue weighted by atomic mass is 10.1. The summed E-state index contributed by atoms with van der Waals surface area (Å²) in [4.78, 5) is 75.1. The molecule has 0 radical (unpaired) electrons. The Hall–Kier alpha value is -5.42. The van der Waals surface area contributed by atoms with Gasteiger partial charge in [-0.2, -0.15) is 4.99 Å². The van der Waals surface area contributed by atoms with Crippen LogP contribution in [0, 0.1) is 5.41 Å². The molecule has 368 valence electrons. The Kier molecular flexibility index (Phi) is 23.0. The number of ether oxygens (including phenoxy) is 6. The van der Waals surface area contributed by atoms with Gasteiger partial charge in [0, 0.05) is 32.1 Å². The fraction of sp³-hybridized carbons (Fsp3) is 0.702. The minimum atomic E-state index is -0.850. The van der Waals surface area contributed by atoms with Crippen LogP contribution in [0.1, 0.15) is 167 Å². The second kappa shape index (κ2) is 25.9. The zero-order valence-electron chi connectivity index (χ0n) is 42.1. The molecule has 5 amide bonds. The van der Waals surface area contributed by atoms with Crippen LogP contribution in [0.4, 0.5) is 24.0 Å². The van der Waals surface area contributed by atoms with Gasteiger partial charge in [0.1, 0.15) is 45.4 Å². The maximum Gasteiger partial charge on any atom is 0.437 e. The molecule has 0 spiro atoms. The molecule has 0 aliphatic heterocycles. The van der Waals surface area contributed by atoms with Crippen molar-refractivity contribution < 1.29 is 52.4 Å². The van der Waals surface area contributed by atoms with E-state index < -0.39 is 58.5 Å². The lowest BCUT2D eigenvalue weighted by molar-refractivity contribution is 0.0344. The molecule has 1 rings (SSSR count). The molecule has 0 saturated carbocycles. The number of rotatable bonds is 16. The number of amides is 5. The Morgan fingerprint density at radius 1 is 0.554 bits per heavy atom. The molecular formula is C47H79N7O11. The topological polar surface area (TPSA) is 220 Å². The van der Waals surface area contributed by atoms with E-state index in [2.05, 4.69) is 20.6 Å². The number of carbonyl (C=O) groups excluding carboxylic acids is 5. The third-order valence-corrected chi connectivity index (χ3v) is 8.02. The van der Waals surface area contributed by atoms with Gasteiger partial charge in [-0.15, -0.1) is 4.99 Å². The zero-order chi connectivity index (χ0) is 49.8. The van der Waals surface area contributed by atoms with Crippen molar-refractivity contribution in [1.82, 2.24) is 20.4 Å². The Morgan fingerprint density at radius 3 is 1.49 bits per heavy atom. The number of nitrogens with zero attached hydrogens (tertiary/aromatic N) is 4. The molecule has 0 aromatic heterocycles. The van der Waals surface area contributed by atoms with Gasteiger partial charge in [0.2, 0.25) is 5.96 Å². The number of amidine groups is 2. The summed E-state index contributed by atoms with van der Waals surface area (Å²) in [6.45, 7) is 27.0. The first-order valence-corrected chi connectivity index (χ1v) is 22.4. The van der Waals surface area contributed by atoms with Crippen molar-refractivity contribution in [3.8, 4) is 5.75 Å². The van der Waals surface area contributed by atoms with Crippen molar-refractivity contribution in [3.05, 3.63) is 29.8 Å². The van der Waals surface area contributed by atoms with Crippen LogP contribution in [0.5, 0.6) is 5.75 Å². The van der Waals surface area contributed by atoms with Crippen molar-refractivity contribution in [1.29, 1.82) is 5.41 Å². The highest BCUT2D eigenvalue weighted by Gasteiger charge is 2.30. The summed E-state index contributed by atoms with van der Waals surface area (Å²) in [6, 6.07) is 6.69. The number of guanidine groups is 1. The number of benzene rings is 1. The molecule has 18 nitrogen and oxygen atoms in total. The van der Waals surface area contributed by atoms with Crippen LogP contribution in [0.25, 0.3) is 0 Å². The molecule has 0 atom stereocenters. The number of unbranched alkanes of at least 4 members (excludes halogenated alkanes) is 6. The van der Waals surface area contributed by atoms with Gasteiger partial charge in [0.15, 0.2) is 0 Å². The van der Waals surface area contributed by atoms with Gasteiger partial charge < -0.3 is 33.3 Å². The summed E-state index contributed by atoms with van der Waals surface area (Å²) in [5.41, 5.74) is -3.33. The smallest absolute Gasteiger partial charge is 0.437 e. The Labute approximate surface area is 387 Å². The van der Waals surface area contributed by atoms with E-state index in [-0.39, 0.29) is 30.8 Å². The van der Waals surface area contributed by atoms with Crippen LogP contribution < -0.4 is 15.4 Å². The first-order valence-electron chi connectivity index (χ1n) is 22.4. The van der Waals surface area contributed by atoms with Gasteiger partial charge in [-0.1, -0.05) is 32.1 Å². The predicted molar refractivity (Wildman–Crippen MR) is 252 cm³/mol. The molecule has 1 aromatic rings. The predicted octanol–water partition coefficient (Wildman–Crippen LogP) is 10.7. The average molecular weight is 918 g/mol. The summed E-state index contributed by atoms with van der Waals surface area (Å²) < 4.78 is 33.1. The minimum absolute atomic E-state index is 0.0812. The number of hydrogen-bond acceptors (Lipinski definition) is 12. The quantitative estimate of drug-likeness (QED) is 0.0610. The highest BCUT2D eigenvalue weighted by atomic mass is 16.6. The lowest BCUT2D eigenvalue weighted by Crippen LogP contribution is -2.49. The van der Waals surface area contributed by atoms with Gasteiger partial charge in [-0.25, -0.2) is 28.9 Å². The van der Waals surface area contributed by atoms with Crippen molar-refractivity contribution >= 4 is 48.1 Å². The number of hydrogen-bond donors (Lipinski definition) is 3. The molecule has 0 aliphatic carbocycles. The molecule has 0 unspecified atom stereocenters. The molecule has 65 heavy (non-hydrogen) atoms. The van der Waals surface area contributed by atoms with Crippen LogP contribution in [-0.2, 0) is 23.7 Å². The third kappa shape index (κ3) is 28.9. The van der Waals surface area contributed by atoms with E-state index in [9.17, 15) is 24.0 Å². The minimum Gasteiger partial charge on any atom is -0.494 e. The number of nitrogens with one attached hydrogen (secondary N) is 3. The first-order chi connectivity index (χ1) is 29.7. The molecule has 1 aromatic carbocycles. The van der Waals surface area contributed by atoms with Crippen molar-refractivity contribution in [3.63, 3.8) is 0 Å². The van der Waals surface area contributed by atoms with Gasteiger partial charge in [0.05, 0.1) is 6.61 Å². The van der Waals surface area contributed by atoms with E-state index in [1.807, 2.05) is 0 Å². The molecule has 18 heteroatoms. The van der Waals surface area contributed by atoms with E-state index in [1.54, 1.807) is 140 Å². The molecule has 0 bridgehead atoms. The molecule has 0 fully saturated rings. The highest BCUT2D eigenvalue weighted by molar-refractivity contribution is 6.04. The number of carbonyl (C=O) groups is 5. The molecular weight excluding hydrogens is 839 g/mol. The standard InChI is InChI=1S/C47H79N7O11/c1-43(2,3)61-38(55)49-35(50-39(56)62-44(4,5)6)25-22-20-18-17-19-21-23-31-54(42(59)65-47(13,14)15)37(52-41(58)64-46(10,11)12)53(16)30-24-32-60-34-28-26-33(27-29-34)36(48)51-40(57)63-45(7,8)9/h26-29H,17-25,30-32H2,1-16H3,(H2,48,51,57)(H,49,50,55,56). The number of alkyl carbamates (subject to hydrolysis) is 2. The summed E-state index contributed by atoms with van der Waals surface area (Å²) in [5.74, 6) is 0.697. The maximum absolute atomic E-state index is 13.7. The lowest BCUT2D eigenvalue weighted by Gasteiger charge is -2.32. The second-order valence-corrected chi connectivity index (χ2v) is 20.6. The largest absolute Gasteiger partial charge is 0.494 e. The molecule has 0 aliphatic rings. The van der Waals surface area contributed by atoms with Crippen molar-refractivity contribution in [2.24, 2.45) is 9.98 Å². The summed E-state index contributed by atoms with van der Waals surface area (Å²) in [7, 11) is 1.73. The van der Waals surface area contributed by atoms with E-state index in [0.29, 0.717) is 43.5 Å².